The van der Waals surface area contributed by atoms with E-state index in [2.05, 4.69) is 18.9 Å². The molecular weight excluding hydrogens is 228 g/mol. The van der Waals surface area contributed by atoms with Crippen molar-refractivity contribution in [2.75, 3.05) is 7.11 Å². The Balaban J connectivity index is 3.10. The van der Waals surface area contributed by atoms with Crippen LogP contribution in [-0.4, -0.2) is 22.0 Å². The molecule has 0 atom stereocenters. The molecule has 0 amide bonds. The molecule has 0 radical (unpaired) electrons. The van der Waals surface area contributed by atoms with E-state index in [1.807, 2.05) is 0 Å². The van der Waals surface area contributed by atoms with Crippen molar-refractivity contribution in [1.29, 1.82) is 0 Å². The van der Waals surface area contributed by atoms with E-state index in [0.717, 1.165) is 18.5 Å². The minimum atomic E-state index is -0.0995. The van der Waals surface area contributed by atoms with Crippen LogP contribution in [0.15, 0.2) is 0 Å². The second kappa shape index (κ2) is 6.23. The highest BCUT2D eigenvalue weighted by Gasteiger charge is 2.19. The monoisotopic (exact) mass is 246 g/mol. The molecule has 0 bridgehead atoms. The Labute approximate surface area is 101 Å². The zero-order valence-corrected chi connectivity index (χ0v) is 10.8. The number of aromatic nitrogens is 2. The van der Waals surface area contributed by atoms with Gasteiger partial charge in [0.2, 0.25) is 0 Å². The number of hydrogen-bond donors (Lipinski definition) is 1. The lowest BCUT2D eigenvalue weighted by Crippen LogP contribution is -2.09. The van der Waals surface area contributed by atoms with Crippen molar-refractivity contribution < 1.29 is 9.84 Å². The largest absolute Gasteiger partial charge is 0.391 e. The predicted molar refractivity (Wildman–Crippen MR) is 63.5 cm³/mol. The average molecular weight is 247 g/mol. The normalized spacial score (nSPS) is 11.4. The molecule has 0 aliphatic carbocycles. The smallest absolute Gasteiger partial charge is 0.133 e. The van der Waals surface area contributed by atoms with Gasteiger partial charge in [-0.3, -0.25) is 4.68 Å². The fourth-order valence-electron chi connectivity index (χ4n) is 1.78. The first-order valence-corrected chi connectivity index (χ1v) is 5.92. The standard InChI is InChI=1S/C11H19ClN2O2/c1-4-8(5-2)14-11(12)9(6-15)10(13-14)7-16-3/h8,15H,4-7H2,1-3H3. The Morgan fingerprint density at radius 1 is 1.44 bits per heavy atom. The van der Waals surface area contributed by atoms with Crippen molar-refractivity contribution in [1.82, 2.24) is 9.78 Å². The molecule has 0 saturated heterocycles. The van der Waals surface area contributed by atoms with Crippen LogP contribution in [0.3, 0.4) is 0 Å². The summed E-state index contributed by atoms with van der Waals surface area (Å²) in [6, 6.07) is 0.281. The van der Waals surface area contributed by atoms with Gasteiger partial charge in [0.25, 0.3) is 0 Å². The van der Waals surface area contributed by atoms with Gasteiger partial charge < -0.3 is 9.84 Å². The van der Waals surface area contributed by atoms with Gasteiger partial charge >= 0.3 is 0 Å². The summed E-state index contributed by atoms with van der Waals surface area (Å²) >= 11 is 6.20. The number of ether oxygens (including phenoxy) is 1. The molecule has 1 aromatic rings. The SMILES string of the molecule is CCC(CC)n1nc(COC)c(CO)c1Cl. The molecule has 0 aliphatic heterocycles. The molecule has 1 N–H and O–H groups in total. The first-order valence-electron chi connectivity index (χ1n) is 5.55. The Morgan fingerprint density at radius 3 is 2.50 bits per heavy atom. The fourth-order valence-corrected chi connectivity index (χ4v) is 2.12. The van der Waals surface area contributed by atoms with Gasteiger partial charge in [-0.05, 0) is 12.8 Å². The summed E-state index contributed by atoms with van der Waals surface area (Å²) in [6.07, 6.45) is 1.93. The van der Waals surface area contributed by atoms with Gasteiger partial charge in [-0.1, -0.05) is 25.4 Å². The highest BCUT2D eigenvalue weighted by molar-refractivity contribution is 6.30. The molecule has 16 heavy (non-hydrogen) atoms. The molecule has 0 fully saturated rings. The zero-order chi connectivity index (χ0) is 12.1. The molecular formula is C11H19ClN2O2. The number of hydrogen-bond acceptors (Lipinski definition) is 3. The first-order chi connectivity index (χ1) is 7.69. The third-order valence-electron chi connectivity index (χ3n) is 2.75. The third kappa shape index (κ3) is 2.56. The first kappa shape index (κ1) is 13.5. The van der Waals surface area contributed by atoms with E-state index in [-0.39, 0.29) is 12.6 Å². The molecule has 0 unspecified atom stereocenters. The van der Waals surface area contributed by atoms with Crippen LogP contribution in [0.4, 0.5) is 0 Å². The van der Waals surface area contributed by atoms with Crippen LogP contribution in [0, 0.1) is 0 Å². The van der Waals surface area contributed by atoms with Crippen LogP contribution < -0.4 is 0 Å². The quantitative estimate of drug-likeness (QED) is 0.839. The van der Waals surface area contributed by atoms with Crippen molar-refractivity contribution in [3.8, 4) is 0 Å². The van der Waals surface area contributed by atoms with E-state index < -0.39 is 0 Å². The minimum Gasteiger partial charge on any atom is -0.391 e. The van der Waals surface area contributed by atoms with Crippen LogP contribution in [0.1, 0.15) is 44.0 Å². The molecule has 1 heterocycles. The maximum atomic E-state index is 9.27. The van der Waals surface area contributed by atoms with Gasteiger partial charge in [0.05, 0.1) is 24.9 Å². The van der Waals surface area contributed by atoms with Crippen molar-refractivity contribution in [3.05, 3.63) is 16.4 Å². The highest BCUT2D eigenvalue weighted by Crippen LogP contribution is 2.27. The van der Waals surface area contributed by atoms with E-state index in [0.29, 0.717) is 17.3 Å². The third-order valence-corrected chi connectivity index (χ3v) is 3.16. The fraction of sp³-hybridized carbons (Fsp3) is 0.727. The Kier molecular flexibility index (Phi) is 5.25. The molecule has 0 spiro atoms. The topological polar surface area (TPSA) is 47.3 Å². The lowest BCUT2D eigenvalue weighted by atomic mass is 10.2. The van der Waals surface area contributed by atoms with Crippen LogP contribution in [0.25, 0.3) is 0 Å². The van der Waals surface area contributed by atoms with Crippen molar-refractivity contribution in [2.24, 2.45) is 0 Å². The van der Waals surface area contributed by atoms with Crippen LogP contribution >= 0.6 is 11.6 Å². The van der Waals surface area contributed by atoms with Crippen LogP contribution in [-0.2, 0) is 18.0 Å². The maximum Gasteiger partial charge on any atom is 0.133 e. The molecule has 5 heteroatoms. The molecule has 0 aromatic carbocycles. The van der Waals surface area contributed by atoms with Gasteiger partial charge in [0.15, 0.2) is 0 Å². The summed E-state index contributed by atoms with van der Waals surface area (Å²) in [5, 5.41) is 14.2. The Morgan fingerprint density at radius 2 is 2.06 bits per heavy atom. The minimum absolute atomic E-state index is 0.0995. The number of aliphatic hydroxyl groups is 1. The summed E-state index contributed by atoms with van der Waals surface area (Å²) < 4.78 is 6.83. The zero-order valence-electron chi connectivity index (χ0n) is 10.0. The van der Waals surface area contributed by atoms with E-state index in [1.165, 1.54) is 0 Å². The summed E-state index contributed by atoms with van der Waals surface area (Å²) in [7, 11) is 1.60. The summed E-state index contributed by atoms with van der Waals surface area (Å²) in [5.74, 6) is 0. The van der Waals surface area contributed by atoms with Gasteiger partial charge in [-0.2, -0.15) is 5.10 Å². The number of rotatable bonds is 6. The van der Waals surface area contributed by atoms with Gasteiger partial charge in [0.1, 0.15) is 5.15 Å². The predicted octanol–water partition coefficient (Wildman–Crippen LogP) is 2.54. The van der Waals surface area contributed by atoms with Gasteiger partial charge in [-0.25, -0.2) is 0 Å². The van der Waals surface area contributed by atoms with Gasteiger partial charge in [-0.15, -0.1) is 0 Å². The number of methoxy groups -OCH3 is 1. The second-order valence-corrected chi connectivity index (χ2v) is 4.08. The number of nitrogens with zero attached hydrogens (tertiary/aromatic N) is 2. The van der Waals surface area contributed by atoms with E-state index in [9.17, 15) is 5.11 Å². The van der Waals surface area contributed by atoms with Crippen LogP contribution in [0.5, 0.6) is 0 Å². The Bertz CT molecular complexity index is 335. The summed E-state index contributed by atoms with van der Waals surface area (Å²) in [5.41, 5.74) is 1.40. The number of aliphatic hydroxyl groups excluding tert-OH is 1. The molecule has 1 aromatic heterocycles. The van der Waals surface area contributed by atoms with Crippen LogP contribution in [0.2, 0.25) is 5.15 Å². The lowest BCUT2D eigenvalue weighted by Gasteiger charge is -2.14. The molecule has 4 nitrogen and oxygen atoms in total. The van der Waals surface area contributed by atoms with E-state index in [1.54, 1.807) is 11.8 Å². The van der Waals surface area contributed by atoms with Crippen molar-refractivity contribution in [2.45, 2.75) is 45.9 Å². The molecule has 0 aliphatic rings. The van der Waals surface area contributed by atoms with Gasteiger partial charge in [0, 0.05) is 12.7 Å². The average Bonchev–Trinajstić information content (AvgIpc) is 2.58. The lowest BCUT2D eigenvalue weighted by molar-refractivity contribution is 0.177. The van der Waals surface area contributed by atoms with E-state index >= 15 is 0 Å². The van der Waals surface area contributed by atoms with Crippen molar-refractivity contribution in [3.63, 3.8) is 0 Å². The summed E-state index contributed by atoms with van der Waals surface area (Å²) in [4.78, 5) is 0. The van der Waals surface area contributed by atoms with E-state index in [4.69, 9.17) is 16.3 Å². The second-order valence-electron chi connectivity index (χ2n) is 3.72. The molecule has 92 valence electrons. The van der Waals surface area contributed by atoms with Crippen molar-refractivity contribution >= 4 is 11.6 Å². The Hall–Kier alpha value is -0.580. The molecule has 1 rings (SSSR count). The molecule has 0 saturated carbocycles. The highest BCUT2D eigenvalue weighted by atomic mass is 35.5. The number of halogens is 1. The maximum absolute atomic E-state index is 9.27. The summed E-state index contributed by atoms with van der Waals surface area (Å²) in [6.45, 7) is 4.47.